The van der Waals surface area contributed by atoms with Crippen molar-refractivity contribution >= 4 is 17.3 Å². The Labute approximate surface area is 107 Å². The smallest absolute Gasteiger partial charge is 0.358 e. The minimum absolute atomic E-state index is 0.0171. The van der Waals surface area contributed by atoms with Crippen LogP contribution in [-0.4, -0.2) is 44.8 Å². The highest BCUT2D eigenvalue weighted by Crippen LogP contribution is 2.12. The van der Waals surface area contributed by atoms with Crippen LogP contribution in [0.1, 0.15) is 21.1 Å². The van der Waals surface area contributed by atoms with Gasteiger partial charge in [-0.1, -0.05) is 5.21 Å². The number of carbonyl (C=O) groups is 1. The van der Waals surface area contributed by atoms with E-state index in [0.29, 0.717) is 25.3 Å². The lowest BCUT2D eigenvalue weighted by atomic mass is 10.2. The van der Waals surface area contributed by atoms with Crippen molar-refractivity contribution in [2.24, 2.45) is 0 Å². The van der Waals surface area contributed by atoms with Gasteiger partial charge in [0.1, 0.15) is 0 Å². The number of thiazole rings is 1. The Bertz CT molecular complexity index is 523. The molecule has 96 valence electrons. The summed E-state index contributed by atoms with van der Waals surface area (Å²) >= 11 is 1.49. The summed E-state index contributed by atoms with van der Waals surface area (Å²) in [7, 11) is 1.57. The molecule has 0 fully saturated rings. The molecule has 0 aromatic carbocycles. The van der Waals surface area contributed by atoms with Crippen molar-refractivity contribution in [2.75, 3.05) is 13.7 Å². The summed E-state index contributed by atoms with van der Waals surface area (Å²) in [4.78, 5) is 16.0. The van der Waals surface area contributed by atoms with Crippen molar-refractivity contribution in [1.82, 2.24) is 20.0 Å². The quantitative estimate of drug-likeness (QED) is 0.828. The van der Waals surface area contributed by atoms with Crippen molar-refractivity contribution in [3.8, 4) is 0 Å². The molecule has 18 heavy (non-hydrogen) atoms. The summed E-state index contributed by atoms with van der Waals surface area (Å²) in [5.74, 6) is -1.07. The predicted molar refractivity (Wildman–Crippen MR) is 63.8 cm³/mol. The van der Waals surface area contributed by atoms with E-state index in [0.717, 1.165) is 4.88 Å². The summed E-state index contributed by atoms with van der Waals surface area (Å²) in [5.41, 5.74) is 2.27. The number of hydrogen-bond acceptors (Lipinski definition) is 6. The number of aromatic nitrogens is 4. The SMILES string of the molecule is COCCc1c(C(=O)O)nnn1Cc1cncs1. The Morgan fingerprint density at radius 1 is 1.61 bits per heavy atom. The van der Waals surface area contributed by atoms with Gasteiger partial charge in [0.05, 0.1) is 24.4 Å². The van der Waals surface area contributed by atoms with Crippen LogP contribution in [0.4, 0.5) is 0 Å². The van der Waals surface area contributed by atoms with Gasteiger partial charge in [0, 0.05) is 24.6 Å². The Balaban J connectivity index is 2.25. The summed E-state index contributed by atoms with van der Waals surface area (Å²) in [6.07, 6.45) is 2.19. The van der Waals surface area contributed by atoms with Crippen molar-refractivity contribution in [3.63, 3.8) is 0 Å². The van der Waals surface area contributed by atoms with E-state index in [4.69, 9.17) is 9.84 Å². The lowest BCUT2D eigenvalue weighted by molar-refractivity contribution is 0.0688. The molecule has 0 aliphatic rings. The third kappa shape index (κ3) is 2.71. The second-order valence-corrected chi connectivity index (χ2v) is 4.53. The predicted octanol–water partition coefficient (Wildman–Crippen LogP) is 0.670. The van der Waals surface area contributed by atoms with Crippen LogP contribution < -0.4 is 0 Å². The molecule has 8 heteroatoms. The van der Waals surface area contributed by atoms with Crippen molar-refractivity contribution in [1.29, 1.82) is 0 Å². The van der Waals surface area contributed by atoms with Crippen molar-refractivity contribution < 1.29 is 14.6 Å². The van der Waals surface area contributed by atoms with Gasteiger partial charge >= 0.3 is 5.97 Å². The highest BCUT2D eigenvalue weighted by Gasteiger charge is 2.18. The fraction of sp³-hybridized carbons (Fsp3) is 0.400. The fourth-order valence-electron chi connectivity index (χ4n) is 1.54. The van der Waals surface area contributed by atoms with Crippen LogP contribution in [0.5, 0.6) is 0 Å². The average Bonchev–Trinajstić information content (AvgIpc) is 2.96. The zero-order valence-electron chi connectivity index (χ0n) is 9.74. The van der Waals surface area contributed by atoms with Gasteiger partial charge in [0.2, 0.25) is 0 Å². The number of carboxylic acid groups (broad SMARTS) is 1. The molecule has 2 heterocycles. The monoisotopic (exact) mass is 268 g/mol. The normalized spacial score (nSPS) is 10.7. The van der Waals surface area contributed by atoms with Gasteiger partial charge in [-0.15, -0.1) is 16.4 Å². The fourth-order valence-corrected chi connectivity index (χ4v) is 2.12. The Morgan fingerprint density at radius 2 is 2.44 bits per heavy atom. The van der Waals surface area contributed by atoms with Gasteiger partial charge in [-0.05, 0) is 0 Å². The molecule has 2 aromatic heterocycles. The summed E-state index contributed by atoms with van der Waals surface area (Å²) in [6.45, 7) is 0.903. The Kier molecular flexibility index (Phi) is 4.00. The van der Waals surface area contributed by atoms with Gasteiger partial charge in [-0.25, -0.2) is 9.48 Å². The number of carboxylic acids is 1. The molecular weight excluding hydrogens is 256 g/mol. The maximum Gasteiger partial charge on any atom is 0.358 e. The van der Waals surface area contributed by atoms with Gasteiger partial charge < -0.3 is 9.84 Å². The van der Waals surface area contributed by atoms with Gasteiger partial charge in [-0.3, -0.25) is 4.98 Å². The standard InChI is InChI=1S/C10H12N4O3S/c1-17-3-2-8-9(10(15)16)12-13-14(8)5-7-4-11-6-18-7/h4,6H,2-3,5H2,1H3,(H,15,16). The highest BCUT2D eigenvalue weighted by molar-refractivity contribution is 7.09. The van der Waals surface area contributed by atoms with Crippen LogP contribution in [0.3, 0.4) is 0 Å². The summed E-state index contributed by atoms with van der Waals surface area (Å²) < 4.78 is 6.55. The third-order valence-corrected chi connectivity index (χ3v) is 3.14. The summed E-state index contributed by atoms with van der Waals surface area (Å²) in [6, 6.07) is 0. The molecule has 0 aliphatic carbocycles. The van der Waals surface area contributed by atoms with E-state index in [1.807, 2.05) is 0 Å². The number of methoxy groups -OCH3 is 1. The topological polar surface area (TPSA) is 90.1 Å². The van der Waals surface area contributed by atoms with E-state index in [9.17, 15) is 4.79 Å². The molecule has 0 atom stereocenters. The molecule has 0 spiro atoms. The van der Waals surface area contributed by atoms with Crippen LogP contribution in [0.15, 0.2) is 11.7 Å². The Hall–Kier alpha value is -1.80. The van der Waals surface area contributed by atoms with Gasteiger partial charge in [0.15, 0.2) is 5.69 Å². The minimum Gasteiger partial charge on any atom is -0.476 e. The molecule has 2 aromatic rings. The molecule has 0 saturated carbocycles. The van der Waals surface area contributed by atoms with Gasteiger partial charge in [-0.2, -0.15) is 0 Å². The van der Waals surface area contributed by atoms with Crippen LogP contribution in [0, 0.1) is 0 Å². The van der Waals surface area contributed by atoms with Crippen LogP contribution in [0.2, 0.25) is 0 Å². The number of nitrogens with zero attached hydrogens (tertiary/aromatic N) is 4. The zero-order valence-corrected chi connectivity index (χ0v) is 10.6. The Morgan fingerprint density at radius 3 is 3.06 bits per heavy atom. The zero-order chi connectivity index (χ0) is 13.0. The van der Waals surface area contributed by atoms with E-state index >= 15 is 0 Å². The number of aromatic carboxylic acids is 1. The lowest BCUT2D eigenvalue weighted by Gasteiger charge is -2.04. The first-order chi connectivity index (χ1) is 8.72. The van der Waals surface area contributed by atoms with E-state index < -0.39 is 5.97 Å². The first kappa shape index (κ1) is 12.7. The lowest BCUT2D eigenvalue weighted by Crippen LogP contribution is -2.11. The van der Waals surface area contributed by atoms with Crippen molar-refractivity contribution in [3.05, 3.63) is 28.0 Å². The van der Waals surface area contributed by atoms with Crippen LogP contribution in [-0.2, 0) is 17.7 Å². The number of ether oxygens (including phenoxy) is 1. The van der Waals surface area contributed by atoms with E-state index in [1.165, 1.54) is 11.3 Å². The van der Waals surface area contributed by atoms with Crippen LogP contribution >= 0.6 is 11.3 Å². The molecule has 0 aliphatic heterocycles. The molecule has 1 N–H and O–H groups in total. The molecule has 0 bridgehead atoms. The minimum atomic E-state index is -1.07. The van der Waals surface area contributed by atoms with Gasteiger partial charge in [0.25, 0.3) is 0 Å². The van der Waals surface area contributed by atoms with E-state index in [1.54, 1.807) is 23.5 Å². The largest absolute Gasteiger partial charge is 0.476 e. The van der Waals surface area contributed by atoms with Crippen LogP contribution in [0.25, 0.3) is 0 Å². The second kappa shape index (κ2) is 5.69. The average molecular weight is 268 g/mol. The number of hydrogen-bond donors (Lipinski definition) is 1. The molecule has 0 amide bonds. The van der Waals surface area contributed by atoms with Crippen molar-refractivity contribution in [2.45, 2.75) is 13.0 Å². The first-order valence-electron chi connectivity index (χ1n) is 5.24. The molecule has 2 rings (SSSR count). The van der Waals surface area contributed by atoms with E-state index in [2.05, 4.69) is 15.3 Å². The molecule has 0 radical (unpaired) electrons. The first-order valence-corrected chi connectivity index (χ1v) is 6.12. The number of rotatable bonds is 6. The molecule has 0 unspecified atom stereocenters. The highest BCUT2D eigenvalue weighted by atomic mass is 32.1. The summed E-state index contributed by atoms with van der Waals surface area (Å²) in [5, 5.41) is 16.6. The molecule has 7 nitrogen and oxygen atoms in total. The van der Waals surface area contributed by atoms with E-state index in [-0.39, 0.29) is 5.69 Å². The maximum atomic E-state index is 11.0. The third-order valence-electron chi connectivity index (χ3n) is 2.37. The maximum absolute atomic E-state index is 11.0. The molecule has 0 saturated heterocycles. The molecular formula is C10H12N4O3S. The second-order valence-electron chi connectivity index (χ2n) is 3.56.